The van der Waals surface area contributed by atoms with Crippen molar-refractivity contribution in [3.8, 4) is 5.75 Å². The fraction of sp³-hybridized carbons (Fsp3) is 0.286. The molecule has 0 spiro atoms. The van der Waals surface area contributed by atoms with Gasteiger partial charge in [0.15, 0.2) is 0 Å². The van der Waals surface area contributed by atoms with E-state index in [1.54, 1.807) is 11.3 Å². The molecule has 0 aliphatic carbocycles. The fourth-order valence-electron chi connectivity index (χ4n) is 1.72. The van der Waals surface area contributed by atoms with Gasteiger partial charge in [-0.25, -0.2) is 0 Å². The lowest BCUT2D eigenvalue weighted by Gasteiger charge is -2.11. The summed E-state index contributed by atoms with van der Waals surface area (Å²) in [7, 11) is 0. The van der Waals surface area contributed by atoms with Crippen LogP contribution >= 0.6 is 22.9 Å². The molecular formula is C14H16ClNOS. The highest BCUT2D eigenvalue weighted by atomic mass is 35.5. The van der Waals surface area contributed by atoms with Gasteiger partial charge < -0.3 is 10.1 Å². The van der Waals surface area contributed by atoms with Gasteiger partial charge in [0, 0.05) is 28.6 Å². The minimum atomic E-state index is 0.666. The predicted octanol–water partition coefficient (Wildman–Crippen LogP) is 4.09. The van der Waals surface area contributed by atoms with Crippen molar-refractivity contribution in [3.63, 3.8) is 0 Å². The summed E-state index contributed by atoms with van der Waals surface area (Å²) >= 11 is 7.77. The lowest BCUT2D eigenvalue weighted by Crippen LogP contribution is -2.12. The molecule has 0 atom stereocenters. The summed E-state index contributed by atoms with van der Waals surface area (Å²) in [6, 6.07) is 9.92. The highest BCUT2D eigenvalue weighted by Crippen LogP contribution is 2.23. The van der Waals surface area contributed by atoms with Crippen molar-refractivity contribution in [2.24, 2.45) is 0 Å². The minimum absolute atomic E-state index is 0.666. The zero-order valence-electron chi connectivity index (χ0n) is 10.3. The molecule has 2 aromatic rings. The van der Waals surface area contributed by atoms with Crippen molar-refractivity contribution >= 4 is 22.9 Å². The van der Waals surface area contributed by atoms with E-state index in [2.05, 4.69) is 22.8 Å². The Bertz CT molecular complexity index is 485. The van der Waals surface area contributed by atoms with Crippen LogP contribution in [0.1, 0.15) is 17.4 Å². The van der Waals surface area contributed by atoms with Crippen LogP contribution in [-0.4, -0.2) is 6.61 Å². The number of hydrogen-bond acceptors (Lipinski definition) is 3. The number of ether oxygens (including phenoxy) is 1. The number of nitrogens with one attached hydrogen (secondary N) is 1. The van der Waals surface area contributed by atoms with Crippen molar-refractivity contribution in [2.75, 3.05) is 6.61 Å². The Morgan fingerprint density at radius 1 is 1.28 bits per heavy atom. The van der Waals surface area contributed by atoms with Crippen molar-refractivity contribution in [1.29, 1.82) is 0 Å². The molecule has 1 aromatic heterocycles. The van der Waals surface area contributed by atoms with E-state index in [9.17, 15) is 0 Å². The molecule has 1 N–H and O–H groups in total. The highest BCUT2D eigenvalue weighted by Gasteiger charge is 2.04. The summed E-state index contributed by atoms with van der Waals surface area (Å²) in [5.41, 5.74) is 1.10. The molecule has 0 bridgehead atoms. The van der Waals surface area contributed by atoms with Gasteiger partial charge in [0.1, 0.15) is 5.75 Å². The summed E-state index contributed by atoms with van der Waals surface area (Å²) in [4.78, 5) is 1.33. The summed E-state index contributed by atoms with van der Waals surface area (Å²) in [5.74, 6) is 0.903. The molecule has 1 heterocycles. The highest BCUT2D eigenvalue weighted by molar-refractivity contribution is 7.09. The van der Waals surface area contributed by atoms with Gasteiger partial charge in [-0.05, 0) is 36.6 Å². The molecule has 0 saturated carbocycles. The van der Waals surface area contributed by atoms with E-state index in [0.717, 1.165) is 29.4 Å². The van der Waals surface area contributed by atoms with E-state index in [1.165, 1.54) is 4.88 Å². The predicted molar refractivity (Wildman–Crippen MR) is 77.5 cm³/mol. The Labute approximate surface area is 117 Å². The smallest absolute Gasteiger partial charge is 0.123 e. The van der Waals surface area contributed by atoms with Crippen molar-refractivity contribution in [2.45, 2.75) is 20.0 Å². The number of hydrogen-bond donors (Lipinski definition) is 1. The number of rotatable bonds is 6. The first kappa shape index (κ1) is 13.4. The maximum atomic E-state index is 6.01. The van der Waals surface area contributed by atoms with Crippen LogP contribution in [0.25, 0.3) is 0 Å². The first-order chi connectivity index (χ1) is 8.79. The summed E-state index contributed by atoms with van der Waals surface area (Å²) in [5, 5.41) is 6.23. The largest absolute Gasteiger partial charge is 0.494 e. The summed E-state index contributed by atoms with van der Waals surface area (Å²) in [6.07, 6.45) is 0. The Balaban J connectivity index is 1.96. The first-order valence-corrected chi connectivity index (χ1v) is 7.19. The van der Waals surface area contributed by atoms with E-state index in [4.69, 9.17) is 16.3 Å². The van der Waals surface area contributed by atoms with Crippen LogP contribution in [0.3, 0.4) is 0 Å². The lowest BCUT2D eigenvalue weighted by molar-refractivity contribution is 0.335. The maximum absolute atomic E-state index is 6.01. The number of thiophene rings is 1. The van der Waals surface area contributed by atoms with E-state index in [1.807, 2.05) is 25.1 Å². The molecule has 1 aromatic carbocycles. The Morgan fingerprint density at radius 2 is 2.17 bits per heavy atom. The van der Waals surface area contributed by atoms with E-state index >= 15 is 0 Å². The van der Waals surface area contributed by atoms with Crippen LogP contribution in [0.15, 0.2) is 35.7 Å². The third-order valence-electron chi connectivity index (χ3n) is 2.52. The molecular weight excluding hydrogens is 266 g/mol. The number of benzene rings is 1. The second kappa shape index (κ2) is 6.78. The lowest BCUT2D eigenvalue weighted by atomic mass is 10.2. The number of halogens is 1. The zero-order chi connectivity index (χ0) is 12.8. The third kappa shape index (κ3) is 3.73. The zero-order valence-corrected chi connectivity index (χ0v) is 11.9. The van der Waals surface area contributed by atoms with Gasteiger partial charge in [-0.15, -0.1) is 11.3 Å². The van der Waals surface area contributed by atoms with Gasteiger partial charge in [-0.1, -0.05) is 17.7 Å². The van der Waals surface area contributed by atoms with Crippen molar-refractivity contribution in [1.82, 2.24) is 5.32 Å². The van der Waals surface area contributed by atoms with Crippen LogP contribution in [0, 0.1) is 0 Å². The molecule has 0 amide bonds. The fourth-order valence-corrected chi connectivity index (χ4v) is 2.59. The van der Waals surface area contributed by atoms with E-state index < -0.39 is 0 Å². The second-order valence-corrected chi connectivity index (χ2v) is 5.34. The quantitative estimate of drug-likeness (QED) is 0.861. The first-order valence-electron chi connectivity index (χ1n) is 5.94. The molecule has 18 heavy (non-hydrogen) atoms. The van der Waals surface area contributed by atoms with Gasteiger partial charge in [0.05, 0.1) is 6.61 Å². The maximum Gasteiger partial charge on any atom is 0.123 e. The van der Waals surface area contributed by atoms with Gasteiger partial charge in [-0.2, -0.15) is 0 Å². The van der Waals surface area contributed by atoms with Crippen LogP contribution in [0.4, 0.5) is 0 Å². The topological polar surface area (TPSA) is 21.3 Å². The van der Waals surface area contributed by atoms with Crippen molar-refractivity contribution in [3.05, 3.63) is 51.2 Å². The summed E-state index contributed by atoms with van der Waals surface area (Å²) < 4.78 is 5.58. The Kier molecular flexibility index (Phi) is 5.05. The van der Waals surface area contributed by atoms with Crippen molar-refractivity contribution < 1.29 is 4.74 Å². The third-order valence-corrected chi connectivity index (χ3v) is 3.63. The standard InChI is InChI=1S/C14H16ClNOS/c1-2-17-14-6-5-12(15)8-11(14)9-16-10-13-4-3-7-18-13/h3-8,16H,2,9-10H2,1H3. The van der Waals surface area contributed by atoms with Crippen LogP contribution < -0.4 is 10.1 Å². The van der Waals surface area contributed by atoms with Gasteiger partial charge in [0.2, 0.25) is 0 Å². The molecule has 96 valence electrons. The molecule has 0 radical (unpaired) electrons. The molecule has 0 unspecified atom stereocenters. The Morgan fingerprint density at radius 3 is 2.89 bits per heavy atom. The molecule has 4 heteroatoms. The molecule has 0 aliphatic heterocycles. The monoisotopic (exact) mass is 281 g/mol. The molecule has 2 nitrogen and oxygen atoms in total. The Hall–Kier alpha value is -1.03. The van der Waals surface area contributed by atoms with E-state index in [0.29, 0.717) is 6.61 Å². The molecule has 2 rings (SSSR count). The van der Waals surface area contributed by atoms with Gasteiger partial charge >= 0.3 is 0 Å². The van der Waals surface area contributed by atoms with Gasteiger partial charge in [0.25, 0.3) is 0 Å². The average molecular weight is 282 g/mol. The van der Waals surface area contributed by atoms with Crippen LogP contribution in [-0.2, 0) is 13.1 Å². The average Bonchev–Trinajstić information content (AvgIpc) is 2.86. The van der Waals surface area contributed by atoms with Crippen LogP contribution in [0.2, 0.25) is 5.02 Å². The SMILES string of the molecule is CCOc1ccc(Cl)cc1CNCc1cccs1. The van der Waals surface area contributed by atoms with E-state index in [-0.39, 0.29) is 0 Å². The second-order valence-electron chi connectivity index (χ2n) is 3.87. The molecule has 0 fully saturated rings. The normalized spacial score (nSPS) is 10.6. The summed E-state index contributed by atoms with van der Waals surface area (Å²) in [6.45, 7) is 4.28. The van der Waals surface area contributed by atoms with Crippen LogP contribution in [0.5, 0.6) is 5.75 Å². The molecule has 0 aliphatic rings. The van der Waals surface area contributed by atoms with Gasteiger partial charge in [-0.3, -0.25) is 0 Å². The molecule has 0 saturated heterocycles. The minimum Gasteiger partial charge on any atom is -0.494 e.